The number of nitrogens with two attached hydrogens (primary N) is 1. The maximum Gasteiger partial charge on any atom is 0.277 e. The number of aromatic nitrogens is 1. The second-order valence-corrected chi connectivity index (χ2v) is 5.82. The number of rotatable bonds is 1. The molecule has 0 aliphatic heterocycles. The van der Waals surface area contributed by atoms with Crippen LogP contribution in [0.15, 0.2) is 18.2 Å². The number of carbonyl (C=O) groups excluding carboxylic acids is 1. The second-order valence-electron chi connectivity index (χ2n) is 4.79. The molecule has 16 heavy (non-hydrogen) atoms. The van der Waals surface area contributed by atoms with E-state index < -0.39 is 5.91 Å². The number of nitrogens with zero attached hydrogens (tertiary/aromatic N) is 1. The molecule has 2 N–H and O–H groups in total. The van der Waals surface area contributed by atoms with Gasteiger partial charge < -0.3 is 5.73 Å². The molecule has 2 aromatic rings. The quantitative estimate of drug-likeness (QED) is 0.824. The summed E-state index contributed by atoms with van der Waals surface area (Å²) < 4.78 is 1.02. The third kappa shape index (κ3) is 1.80. The lowest BCUT2D eigenvalue weighted by Gasteiger charge is -2.19. The van der Waals surface area contributed by atoms with Crippen LogP contribution in [0.5, 0.6) is 0 Å². The van der Waals surface area contributed by atoms with Crippen LogP contribution in [0.25, 0.3) is 10.2 Å². The van der Waals surface area contributed by atoms with E-state index in [9.17, 15) is 4.79 Å². The lowest BCUT2D eigenvalue weighted by atomic mass is 9.86. The Morgan fingerprint density at radius 3 is 2.62 bits per heavy atom. The third-order valence-corrected chi connectivity index (χ3v) is 3.47. The maximum absolute atomic E-state index is 11.1. The molecule has 0 spiro atoms. The van der Waals surface area contributed by atoms with Gasteiger partial charge in [-0.25, -0.2) is 4.98 Å². The summed E-state index contributed by atoms with van der Waals surface area (Å²) in [5, 5.41) is 0.381. The summed E-state index contributed by atoms with van der Waals surface area (Å²) in [7, 11) is 0. The van der Waals surface area contributed by atoms with Crippen LogP contribution in [0.4, 0.5) is 0 Å². The molecule has 0 fully saturated rings. The van der Waals surface area contributed by atoms with Crippen LogP contribution in [0.1, 0.15) is 36.1 Å². The molecular weight excluding hydrogens is 220 g/mol. The van der Waals surface area contributed by atoms with E-state index in [1.54, 1.807) is 0 Å². The Morgan fingerprint density at radius 2 is 2.06 bits per heavy atom. The first kappa shape index (κ1) is 11.1. The average molecular weight is 234 g/mol. The summed E-state index contributed by atoms with van der Waals surface area (Å²) in [6, 6.07) is 6.01. The van der Waals surface area contributed by atoms with Gasteiger partial charge in [0.05, 0.1) is 10.2 Å². The molecule has 0 saturated carbocycles. The molecule has 0 saturated heterocycles. The fourth-order valence-corrected chi connectivity index (χ4v) is 2.50. The van der Waals surface area contributed by atoms with Crippen LogP contribution in [-0.4, -0.2) is 10.9 Å². The van der Waals surface area contributed by atoms with E-state index in [0.29, 0.717) is 5.01 Å². The summed E-state index contributed by atoms with van der Waals surface area (Å²) in [5.41, 5.74) is 7.31. The van der Waals surface area contributed by atoms with E-state index in [-0.39, 0.29) is 5.41 Å². The van der Waals surface area contributed by atoms with Crippen LogP contribution >= 0.6 is 11.3 Å². The van der Waals surface area contributed by atoms with E-state index in [4.69, 9.17) is 5.73 Å². The first-order valence-corrected chi connectivity index (χ1v) is 5.91. The van der Waals surface area contributed by atoms with Crippen molar-refractivity contribution in [1.82, 2.24) is 4.98 Å². The highest BCUT2D eigenvalue weighted by Crippen LogP contribution is 2.32. The highest BCUT2D eigenvalue weighted by atomic mass is 32.1. The van der Waals surface area contributed by atoms with Crippen molar-refractivity contribution in [3.8, 4) is 0 Å². The molecule has 0 aliphatic carbocycles. The Kier molecular flexibility index (Phi) is 2.46. The van der Waals surface area contributed by atoms with Crippen molar-refractivity contribution < 1.29 is 4.79 Å². The minimum Gasteiger partial charge on any atom is -0.364 e. The van der Waals surface area contributed by atoms with Gasteiger partial charge in [-0.3, -0.25) is 4.79 Å². The minimum absolute atomic E-state index is 0.0164. The topological polar surface area (TPSA) is 56.0 Å². The molecule has 0 atom stereocenters. The molecule has 0 unspecified atom stereocenters. The molecule has 0 aliphatic rings. The number of fused-ring (bicyclic) bond motifs is 1. The highest BCUT2D eigenvalue weighted by Gasteiger charge is 2.19. The van der Waals surface area contributed by atoms with Gasteiger partial charge in [0.15, 0.2) is 5.01 Å². The van der Waals surface area contributed by atoms with Crippen molar-refractivity contribution in [3.63, 3.8) is 0 Å². The molecule has 4 heteroatoms. The van der Waals surface area contributed by atoms with Crippen LogP contribution < -0.4 is 5.73 Å². The fourth-order valence-electron chi connectivity index (χ4n) is 1.66. The van der Waals surface area contributed by atoms with Crippen molar-refractivity contribution >= 4 is 27.5 Å². The zero-order valence-electron chi connectivity index (χ0n) is 9.57. The van der Waals surface area contributed by atoms with E-state index in [1.807, 2.05) is 18.2 Å². The summed E-state index contributed by atoms with van der Waals surface area (Å²) in [5.74, 6) is -0.457. The van der Waals surface area contributed by atoms with Gasteiger partial charge in [0.1, 0.15) is 0 Å². The van der Waals surface area contributed by atoms with Crippen LogP contribution in [0, 0.1) is 0 Å². The second kappa shape index (κ2) is 3.56. The monoisotopic (exact) mass is 234 g/mol. The SMILES string of the molecule is CC(C)(C)c1cccc2sc(C(N)=O)nc12. The molecule has 1 aromatic carbocycles. The standard InChI is InChI=1S/C12H14N2OS/c1-12(2,3)7-5-4-6-8-9(7)14-11(16-8)10(13)15/h4-6H,1-3H3,(H2,13,15). The van der Waals surface area contributed by atoms with Gasteiger partial charge in [0.2, 0.25) is 0 Å². The number of hydrogen-bond acceptors (Lipinski definition) is 3. The minimum atomic E-state index is -0.457. The number of thiazole rings is 1. The first-order valence-electron chi connectivity index (χ1n) is 5.09. The Bertz CT molecular complexity index is 552. The Labute approximate surface area is 98.3 Å². The van der Waals surface area contributed by atoms with Gasteiger partial charge in [-0.1, -0.05) is 32.9 Å². The smallest absolute Gasteiger partial charge is 0.277 e. The molecule has 0 radical (unpaired) electrons. The van der Waals surface area contributed by atoms with Crippen molar-refractivity contribution in [1.29, 1.82) is 0 Å². The molecule has 1 amide bonds. The van der Waals surface area contributed by atoms with Crippen LogP contribution in [0.2, 0.25) is 0 Å². The Hall–Kier alpha value is -1.42. The summed E-state index contributed by atoms with van der Waals surface area (Å²) in [4.78, 5) is 15.4. The van der Waals surface area contributed by atoms with E-state index in [0.717, 1.165) is 15.8 Å². The molecule has 2 rings (SSSR count). The van der Waals surface area contributed by atoms with E-state index in [1.165, 1.54) is 11.3 Å². The number of hydrogen-bond donors (Lipinski definition) is 1. The van der Waals surface area contributed by atoms with Gasteiger partial charge in [-0.05, 0) is 17.0 Å². The lowest BCUT2D eigenvalue weighted by molar-refractivity contribution is 0.1000. The summed E-state index contributed by atoms with van der Waals surface area (Å²) >= 11 is 1.35. The van der Waals surface area contributed by atoms with Crippen molar-refractivity contribution in [2.24, 2.45) is 5.73 Å². The molecule has 1 aromatic heterocycles. The van der Waals surface area contributed by atoms with Gasteiger partial charge in [-0.15, -0.1) is 11.3 Å². The lowest BCUT2D eigenvalue weighted by Crippen LogP contribution is -2.12. The van der Waals surface area contributed by atoms with E-state index >= 15 is 0 Å². The van der Waals surface area contributed by atoms with Crippen molar-refractivity contribution in [3.05, 3.63) is 28.8 Å². The zero-order valence-corrected chi connectivity index (χ0v) is 10.4. The highest BCUT2D eigenvalue weighted by molar-refractivity contribution is 7.20. The van der Waals surface area contributed by atoms with Crippen LogP contribution in [0.3, 0.4) is 0 Å². The largest absolute Gasteiger partial charge is 0.364 e. The van der Waals surface area contributed by atoms with Gasteiger partial charge >= 0.3 is 0 Å². The fraction of sp³-hybridized carbons (Fsp3) is 0.333. The Balaban J connectivity index is 2.73. The zero-order chi connectivity index (χ0) is 11.9. The number of primary amides is 1. The molecule has 84 valence electrons. The number of para-hydroxylation sites is 1. The number of amides is 1. The Morgan fingerprint density at radius 1 is 1.38 bits per heavy atom. The predicted molar refractivity (Wildman–Crippen MR) is 66.8 cm³/mol. The number of benzene rings is 1. The maximum atomic E-state index is 11.1. The third-order valence-electron chi connectivity index (χ3n) is 2.44. The summed E-state index contributed by atoms with van der Waals surface area (Å²) in [6.07, 6.45) is 0. The van der Waals surface area contributed by atoms with Gasteiger partial charge in [-0.2, -0.15) is 0 Å². The molecule has 3 nitrogen and oxygen atoms in total. The predicted octanol–water partition coefficient (Wildman–Crippen LogP) is 2.69. The average Bonchev–Trinajstić information content (AvgIpc) is 2.58. The van der Waals surface area contributed by atoms with Crippen molar-refractivity contribution in [2.75, 3.05) is 0 Å². The van der Waals surface area contributed by atoms with Gasteiger partial charge in [0, 0.05) is 0 Å². The van der Waals surface area contributed by atoms with Crippen molar-refractivity contribution in [2.45, 2.75) is 26.2 Å². The van der Waals surface area contributed by atoms with Crippen LogP contribution in [-0.2, 0) is 5.41 Å². The molecule has 1 heterocycles. The summed E-state index contributed by atoms with van der Waals surface area (Å²) in [6.45, 7) is 6.39. The first-order chi connectivity index (χ1) is 7.39. The van der Waals surface area contributed by atoms with Gasteiger partial charge in [0.25, 0.3) is 5.91 Å². The molecular formula is C12H14N2OS. The number of carbonyl (C=O) groups is 1. The van der Waals surface area contributed by atoms with E-state index in [2.05, 4.69) is 25.8 Å². The normalized spacial score (nSPS) is 11.9. The molecule has 0 bridgehead atoms.